The molecule has 0 aromatic rings. The third-order valence-electron chi connectivity index (χ3n) is 10.2. The molecule has 4 aliphatic carbocycles. The average Bonchev–Trinajstić information content (AvgIpc) is 2.97. The number of allylic oxidation sites excluding steroid dienone is 1. The van der Waals surface area contributed by atoms with Crippen LogP contribution in [0.1, 0.15) is 98.8 Å². The maximum Gasteiger partial charge on any atom is 0.0780 e. The van der Waals surface area contributed by atoms with Gasteiger partial charge in [-0.1, -0.05) is 60.0 Å². The first-order valence-corrected chi connectivity index (χ1v) is 12.7. The number of fused-ring (bicyclic) bond motifs is 5. The minimum Gasteiger partial charge on any atom is -0.393 e. The first-order valence-electron chi connectivity index (χ1n) is 12.7. The summed E-state index contributed by atoms with van der Waals surface area (Å²) in [5.74, 6) is 4.82. The molecule has 0 saturated heterocycles. The van der Waals surface area contributed by atoms with Crippen LogP contribution in [0.2, 0.25) is 0 Å². The Labute approximate surface area is 179 Å². The van der Waals surface area contributed by atoms with Gasteiger partial charge in [0.1, 0.15) is 0 Å². The van der Waals surface area contributed by atoms with E-state index >= 15 is 0 Å². The summed E-state index contributed by atoms with van der Waals surface area (Å²) in [4.78, 5) is 0. The monoisotopic (exact) mass is 402 g/mol. The van der Waals surface area contributed by atoms with Crippen LogP contribution >= 0.6 is 0 Å². The van der Waals surface area contributed by atoms with Crippen LogP contribution in [0.25, 0.3) is 0 Å². The van der Waals surface area contributed by atoms with Crippen molar-refractivity contribution >= 4 is 0 Å². The van der Waals surface area contributed by atoms with Gasteiger partial charge in [-0.05, 0) is 90.4 Å². The Morgan fingerprint density at radius 1 is 1.03 bits per heavy atom. The fourth-order valence-electron chi connectivity index (χ4n) is 8.89. The van der Waals surface area contributed by atoms with Crippen molar-refractivity contribution < 1.29 is 10.2 Å². The second kappa shape index (κ2) is 7.97. The summed E-state index contributed by atoms with van der Waals surface area (Å²) < 4.78 is 0. The first-order chi connectivity index (χ1) is 13.7. The average molecular weight is 403 g/mol. The largest absolute Gasteiger partial charge is 0.393 e. The molecule has 0 heterocycles. The van der Waals surface area contributed by atoms with E-state index in [0.29, 0.717) is 17.8 Å². The molecule has 3 saturated carbocycles. The maximum atomic E-state index is 10.7. The molecule has 2 nitrogen and oxygen atoms in total. The van der Waals surface area contributed by atoms with Gasteiger partial charge in [-0.3, -0.25) is 0 Å². The van der Waals surface area contributed by atoms with E-state index in [1.54, 1.807) is 0 Å². The molecular weight excluding hydrogens is 356 g/mol. The smallest absolute Gasteiger partial charge is 0.0780 e. The van der Waals surface area contributed by atoms with Crippen molar-refractivity contribution in [3.63, 3.8) is 0 Å². The molecule has 0 bridgehead atoms. The molecule has 0 aromatic carbocycles. The van der Waals surface area contributed by atoms with Crippen LogP contribution in [-0.4, -0.2) is 22.4 Å². The van der Waals surface area contributed by atoms with Crippen LogP contribution in [0.4, 0.5) is 0 Å². The van der Waals surface area contributed by atoms with Crippen molar-refractivity contribution in [2.45, 2.75) is 111 Å². The van der Waals surface area contributed by atoms with E-state index < -0.39 is 6.10 Å². The minimum absolute atomic E-state index is 0.0162. The van der Waals surface area contributed by atoms with Gasteiger partial charge in [0.15, 0.2) is 0 Å². The van der Waals surface area contributed by atoms with Crippen LogP contribution in [0.3, 0.4) is 0 Å². The number of rotatable bonds is 5. The molecule has 0 unspecified atom stereocenters. The van der Waals surface area contributed by atoms with Gasteiger partial charge in [0, 0.05) is 6.42 Å². The van der Waals surface area contributed by atoms with E-state index in [0.717, 1.165) is 42.4 Å². The third kappa shape index (κ3) is 3.65. The third-order valence-corrected chi connectivity index (χ3v) is 10.2. The van der Waals surface area contributed by atoms with Crippen LogP contribution in [0.5, 0.6) is 0 Å². The molecule has 0 radical (unpaired) electrons. The Bertz CT molecular complexity index is 624. The van der Waals surface area contributed by atoms with Gasteiger partial charge in [0.2, 0.25) is 0 Å². The number of aliphatic hydroxyl groups is 2. The Hall–Kier alpha value is -0.340. The van der Waals surface area contributed by atoms with Gasteiger partial charge >= 0.3 is 0 Å². The van der Waals surface area contributed by atoms with E-state index in [4.69, 9.17) is 0 Å². The molecule has 0 spiro atoms. The topological polar surface area (TPSA) is 40.5 Å². The van der Waals surface area contributed by atoms with Gasteiger partial charge < -0.3 is 10.2 Å². The van der Waals surface area contributed by atoms with E-state index in [2.05, 4.69) is 40.7 Å². The summed E-state index contributed by atoms with van der Waals surface area (Å²) in [6.45, 7) is 12.2. The zero-order chi connectivity index (χ0) is 21.0. The second-order valence-corrected chi connectivity index (χ2v) is 12.3. The minimum atomic E-state index is -0.421. The summed E-state index contributed by atoms with van der Waals surface area (Å²) in [6, 6.07) is 0. The molecule has 2 heteroatoms. The predicted octanol–water partition coefficient (Wildman–Crippen LogP) is 6.36. The summed E-state index contributed by atoms with van der Waals surface area (Å²) in [5, 5.41) is 21.1. The van der Waals surface area contributed by atoms with Crippen molar-refractivity contribution in [1.82, 2.24) is 0 Å². The van der Waals surface area contributed by atoms with Gasteiger partial charge in [-0.15, -0.1) is 0 Å². The fraction of sp³-hybridized carbons (Fsp3) is 0.926. The number of hydrogen-bond acceptors (Lipinski definition) is 2. The van der Waals surface area contributed by atoms with Crippen LogP contribution in [0.15, 0.2) is 11.6 Å². The van der Waals surface area contributed by atoms with Crippen LogP contribution < -0.4 is 0 Å². The zero-order valence-electron chi connectivity index (χ0n) is 19.7. The molecule has 4 rings (SSSR count). The van der Waals surface area contributed by atoms with E-state index in [1.807, 2.05) is 0 Å². The molecule has 29 heavy (non-hydrogen) atoms. The summed E-state index contributed by atoms with van der Waals surface area (Å²) in [5.41, 5.74) is 1.79. The van der Waals surface area contributed by atoms with Crippen molar-refractivity contribution in [3.05, 3.63) is 11.6 Å². The lowest BCUT2D eigenvalue weighted by molar-refractivity contribution is -0.0789. The highest BCUT2D eigenvalue weighted by atomic mass is 16.3. The molecule has 0 aliphatic heterocycles. The Morgan fingerprint density at radius 2 is 1.79 bits per heavy atom. The summed E-state index contributed by atoms with van der Waals surface area (Å²) >= 11 is 0. The van der Waals surface area contributed by atoms with Gasteiger partial charge in [0.25, 0.3) is 0 Å². The first kappa shape index (κ1) is 21.9. The van der Waals surface area contributed by atoms with Crippen molar-refractivity contribution in [3.8, 4) is 0 Å². The number of hydrogen-bond donors (Lipinski definition) is 2. The Balaban J connectivity index is 1.52. The predicted molar refractivity (Wildman–Crippen MR) is 120 cm³/mol. The molecule has 0 amide bonds. The molecule has 2 N–H and O–H groups in total. The molecular formula is C27H46O2. The SMILES string of the molecule is CC(C)CCC[C@@H](C)[C@H]1CC[C@H]2[C@@H]3CC=C4[C@@H](O)C[C@@H](O)C[C@]4(C)[C@H]3CC[C@]12C. The summed E-state index contributed by atoms with van der Waals surface area (Å²) in [6.07, 6.45) is 13.8. The lowest BCUT2D eigenvalue weighted by Crippen LogP contribution is -2.53. The van der Waals surface area contributed by atoms with Crippen LogP contribution in [0, 0.1) is 46.3 Å². The van der Waals surface area contributed by atoms with Crippen LogP contribution in [-0.2, 0) is 0 Å². The lowest BCUT2D eigenvalue weighted by atomic mass is 9.46. The Morgan fingerprint density at radius 3 is 2.52 bits per heavy atom. The molecule has 4 aliphatic rings. The van der Waals surface area contributed by atoms with Gasteiger partial charge in [-0.25, -0.2) is 0 Å². The van der Waals surface area contributed by atoms with Gasteiger partial charge in [-0.2, -0.15) is 0 Å². The highest BCUT2D eigenvalue weighted by molar-refractivity contribution is 5.28. The number of aliphatic hydroxyl groups excluding tert-OH is 2. The quantitative estimate of drug-likeness (QED) is 0.525. The molecule has 0 aromatic heterocycles. The lowest BCUT2D eigenvalue weighted by Gasteiger charge is -2.59. The van der Waals surface area contributed by atoms with Crippen molar-refractivity contribution in [2.75, 3.05) is 0 Å². The highest BCUT2D eigenvalue weighted by Gasteiger charge is 2.60. The van der Waals surface area contributed by atoms with Gasteiger partial charge in [0.05, 0.1) is 12.2 Å². The van der Waals surface area contributed by atoms with Crippen molar-refractivity contribution in [1.29, 1.82) is 0 Å². The zero-order valence-corrected chi connectivity index (χ0v) is 19.7. The summed E-state index contributed by atoms with van der Waals surface area (Å²) in [7, 11) is 0. The normalized spacial score (nSPS) is 47.9. The van der Waals surface area contributed by atoms with E-state index in [1.165, 1.54) is 50.5 Å². The second-order valence-electron chi connectivity index (χ2n) is 12.3. The fourth-order valence-corrected chi connectivity index (χ4v) is 8.89. The van der Waals surface area contributed by atoms with E-state index in [9.17, 15) is 10.2 Å². The maximum absolute atomic E-state index is 10.7. The molecule has 3 fully saturated rings. The van der Waals surface area contributed by atoms with Crippen molar-refractivity contribution in [2.24, 2.45) is 46.3 Å². The standard InChI is InChI=1S/C27H46O2/c1-17(2)7-6-8-18(3)21-11-12-22-20-9-10-24-25(29)15-19(28)16-27(24,5)23(20)13-14-26(21,22)4/h10,17-23,25,28-29H,6-9,11-16H2,1-5H3/t18-,19-,20+,21-,22+,23+,25+,26-,27-/m1/s1. The van der Waals surface area contributed by atoms with E-state index in [-0.39, 0.29) is 11.5 Å². The highest BCUT2D eigenvalue weighted by Crippen LogP contribution is 2.67. The molecule has 9 atom stereocenters. The molecule has 166 valence electrons. The Kier molecular flexibility index (Phi) is 6.01.